The third-order valence-corrected chi connectivity index (χ3v) is 4.96. The van der Waals surface area contributed by atoms with Gasteiger partial charge in [-0.25, -0.2) is 4.98 Å². The first-order valence-corrected chi connectivity index (χ1v) is 8.75. The molecule has 0 aromatic carbocycles. The summed E-state index contributed by atoms with van der Waals surface area (Å²) in [7, 11) is 0. The first kappa shape index (κ1) is 16.5. The summed E-state index contributed by atoms with van der Waals surface area (Å²) in [6.07, 6.45) is -0.303. The van der Waals surface area contributed by atoms with E-state index in [0.29, 0.717) is 24.1 Å². The van der Waals surface area contributed by atoms with Crippen molar-refractivity contribution in [3.8, 4) is 0 Å². The van der Waals surface area contributed by atoms with Crippen molar-refractivity contribution in [2.45, 2.75) is 39.5 Å². The van der Waals surface area contributed by atoms with Crippen molar-refractivity contribution >= 4 is 16.3 Å². The maximum Gasteiger partial charge on any atom is 0.275 e. The minimum absolute atomic E-state index is 0.116. The summed E-state index contributed by atoms with van der Waals surface area (Å²) in [5.74, 6) is 0. The van der Waals surface area contributed by atoms with Gasteiger partial charge in [-0.3, -0.25) is 14.6 Å². The van der Waals surface area contributed by atoms with Crippen LogP contribution in [0, 0.1) is 6.92 Å². The molecule has 1 fully saturated rings. The van der Waals surface area contributed by atoms with Gasteiger partial charge >= 0.3 is 0 Å². The number of hydrogen-bond donors (Lipinski definition) is 1. The smallest absolute Gasteiger partial charge is 0.275 e. The van der Waals surface area contributed by atoms with Gasteiger partial charge in [-0.2, -0.15) is 9.61 Å². The molecular formula is C15H23N5O2S. The van der Waals surface area contributed by atoms with Crippen LogP contribution in [0.25, 0.3) is 4.96 Å². The Labute approximate surface area is 139 Å². The molecule has 1 saturated heterocycles. The fourth-order valence-corrected chi connectivity index (χ4v) is 3.85. The van der Waals surface area contributed by atoms with Gasteiger partial charge in [-0.15, -0.1) is 0 Å². The van der Waals surface area contributed by atoms with E-state index in [1.165, 1.54) is 15.9 Å². The third-order valence-electron chi connectivity index (χ3n) is 4.13. The van der Waals surface area contributed by atoms with E-state index in [4.69, 9.17) is 0 Å². The van der Waals surface area contributed by atoms with Crippen LogP contribution >= 0.6 is 11.3 Å². The molecule has 126 valence electrons. The molecule has 0 bridgehead atoms. The van der Waals surface area contributed by atoms with Crippen LogP contribution in [-0.4, -0.2) is 67.8 Å². The number of β-amino-alcohol motifs (C(OH)–C–C–N with tert-alkyl or cyclic N) is 1. The van der Waals surface area contributed by atoms with Gasteiger partial charge in [0.1, 0.15) is 5.01 Å². The molecule has 1 aliphatic rings. The number of hydrogen-bond acceptors (Lipinski definition) is 7. The number of nitrogens with zero attached hydrogens (tertiary/aromatic N) is 5. The summed E-state index contributed by atoms with van der Waals surface area (Å²) in [5, 5.41) is 14.6. The van der Waals surface area contributed by atoms with Gasteiger partial charge in [0.05, 0.1) is 11.8 Å². The molecule has 0 aliphatic carbocycles. The number of aliphatic hydroxyl groups is 1. The van der Waals surface area contributed by atoms with Gasteiger partial charge in [0.15, 0.2) is 0 Å². The molecule has 3 heterocycles. The lowest BCUT2D eigenvalue weighted by molar-refractivity contribution is 0.0418. The van der Waals surface area contributed by atoms with Crippen molar-refractivity contribution < 1.29 is 5.11 Å². The Morgan fingerprint density at radius 2 is 2.26 bits per heavy atom. The highest BCUT2D eigenvalue weighted by atomic mass is 32.1. The Kier molecular flexibility index (Phi) is 4.77. The standard InChI is InChI=1S/C15H23N5O2S/c1-10-7-18(4-5-19(10)8-11(2)21)9-13-6-14(22)20-15(16-13)23-12(3)17-20/h6,10-11,21H,4-5,7-9H2,1-3H3/t10-,11+/m0/s1. The van der Waals surface area contributed by atoms with Crippen LogP contribution in [0.15, 0.2) is 10.9 Å². The lowest BCUT2D eigenvalue weighted by atomic mass is 10.1. The quantitative estimate of drug-likeness (QED) is 0.868. The fraction of sp³-hybridized carbons (Fsp3) is 0.667. The highest BCUT2D eigenvalue weighted by Crippen LogP contribution is 2.14. The zero-order valence-corrected chi connectivity index (χ0v) is 14.6. The highest BCUT2D eigenvalue weighted by molar-refractivity contribution is 7.16. The summed E-state index contributed by atoms with van der Waals surface area (Å²) in [5.41, 5.74) is 0.685. The lowest BCUT2D eigenvalue weighted by Crippen LogP contribution is -2.53. The molecule has 0 unspecified atom stereocenters. The number of piperazine rings is 1. The van der Waals surface area contributed by atoms with Gasteiger partial charge < -0.3 is 5.11 Å². The number of aryl methyl sites for hydroxylation is 1. The molecule has 7 nitrogen and oxygen atoms in total. The van der Waals surface area contributed by atoms with Crippen LogP contribution < -0.4 is 5.56 Å². The third kappa shape index (κ3) is 3.77. The van der Waals surface area contributed by atoms with Crippen LogP contribution in [-0.2, 0) is 6.54 Å². The molecular weight excluding hydrogens is 314 g/mol. The van der Waals surface area contributed by atoms with Crippen LogP contribution in [0.1, 0.15) is 24.5 Å². The number of aliphatic hydroxyl groups excluding tert-OH is 1. The molecule has 1 N–H and O–H groups in total. The maximum atomic E-state index is 12.1. The van der Waals surface area contributed by atoms with Gasteiger partial charge in [-0.1, -0.05) is 11.3 Å². The van der Waals surface area contributed by atoms with E-state index < -0.39 is 0 Å². The van der Waals surface area contributed by atoms with Crippen LogP contribution in [0.4, 0.5) is 0 Å². The molecule has 0 spiro atoms. The van der Waals surface area contributed by atoms with Crippen LogP contribution in [0.3, 0.4) is 0 Å². The van der Waals surface area contributed by atoms with Crippen LogP contribution in [0.2, 0.25) is 0 Å². The predicted octanol–water partition coefficient (Wildman–Crippen LogP) is 0.346. The molecule has 2 aromatic heterocycles. The van der Waals surface area contributed by atoms with Gasteiger partial charge in [0.2, 0.25) is 4.96 Å². The Balaban J connectivity index is 1.70. The number of rotatable bonds is 4. The van der Waals surface area contributed by atoms with E-state index in [-0.39, 0.29) is 11.7 Å². The first-order valence-electron chi connectivity index (χ1n) is 7.93. The summed E-state index contributed by atoms with van der Waals surface area (Å²) >= 11 is 1.44. The Morgan fingerprint density at radius 1 is 1.48 bits per heavy atom. The van der Waals surface area contributed by atoms with Crippen molar-refractivity contribution in [3.63, 3.8) is 0 Å². The molecule has 2 aromatic rings. The molecule has 8 heteroatoms. The Hall–Kier alpha value is -1.35. The minimum Gasteiger partial charge on any atom is -0.392 e. The molecule has 2 atom stereocenters. The number of aromatic nitrogens is 3. The second kappa shape index (κ2) is 6.64. The SMILES string of the molecule is Cc1nn2c(=O)cc(CN3CCN(C[C@@H](C)O)[C@@H](C)C3)nc2s1. The van der Waals surface area contributed by atoms with E-state index in [1.807, 2.05) is 13.8 Å². The van der Waals surface area contributed by atoms with Crippen molar-refractivity contribution in [1.82, 2.24) is 24.4 Å². The summed E-state index contributed by atoms with van der Waals surface area (Å²) in [6, 6.07) is 1.97. The molecule has 0 saturated carbocycles. The van der Waals surface area contributed by atoms with Gasteiger partial charge in [0.25, 0.3) is 5.56 Å². The largest absolute Gasteiger partial charge is 0.392 e. The topological polar surface area (TPSA) is 74.0 Å². The van der Waals surface area contributed by atoms with Gasteiger partial charge in [0, 0.05) is 44.8 Å². The summed E-state index contributed by atoms with van der Waals surface area (Å²) in [6.45, 7) is 10.0. The average molecular weight is 337 g/mol. The maximum absolute atomic E-state index is 12.1. The van der Waals surface area contributed by atoms with Gasteiger partial charge in [-0.05, 0) is 20.8 Å². The normalized spacial score (nSPS) is 21.8. The molecule has 0 amide bonds. The summed E-state index contributed by atoms with van der Waals surface area (Å²) < 4.78 is 1.37. The minimum atomic E-state index is -0.303. The first-order chi connectivity index (χ1) is 10.9. The fourth-order valence-electron chi connectivity index (χ4n) is 3.09. The molecule has 23 heavy (non-hydrogen) atoms. The second-order valence-electron chi connectivity index (χ2n) is 6.33. The molecule has 3 rings (SSSR count). The van der Waals surface area contributed by atoms with E-state index in [0.717, 1.165) is 30.3 Å². The number of fused-ring (bicyclic) bond motifs is 1. The van der Waals surface area contributed by atoms with Crippen molar-refractivity contribution in [1.29, 1.82) is 0 Å². The monoisotopic (exact) mass is 337 g/mol. The lowest BCUT2D eigenvalue weighted by Gasteiger charge is -2.40. The predicted molar refractivity (Wildman–Crippen MR) is 89.9 cm³/mol. The van der Waals surface area contributed by atoms with Crippen LogP contribution in [0.5, 0.6) is 0 Å². The van der Waals surface area contributed by atoms with Crippen molar-refractivity contribution in [2.75, 3.05) is 26.2 Å². The zero-order chi connectivity index (χ0) is 16.6. The Morgan fingerprint density at radius 3 is 2.96 bits per heavy atom. The summed E-state index contributed by atoms with van der Waals surface area (Å²) in [4.78, 5) is 21.9. The second-order valence-corrected chi connectivity index (χ2v) is 7.49. The van der Waals surface area contributed by atoms with Crippen molar-refractivity contribution in [2.24, 2.45) is 0 Å². The van der Waals surface area contributed by atoms with E-state index in [9.17, 15) is 9.90 Å². The van der Waals surface area contributed by atoms with E-state index in [2.05, 4.69) is 26.8 Å². The molecule has 1 aliphatic heterocycles. The highest BCUT2D eigenvalue weighted by Gasteiger charge is 2.24. The average Bonchev–Trinajstić information content (AvgIpc) is 2.82. The van der Waals surface area contributed by atoms with Crippen molar-refractivity contribution in [3.05, 3.63) is 27.1 Å². The van der Waals surface area contributed by atoms with E-state index >= 15 is 0 Å². The zero-order valence-electron chi connectivity index (χ0n) is 13.8. The Bertz CT molecular complexity index is 741. The van der Waals surface area contributed by atoms with E-state index in [1.54, 1.807) is 6.07 Å². The molecule has 0 radical (unpaired) electrons.